The summed E-state index contributed by atoms with van der Waals surface area (Å²) < 4.78 is 45.5. The second-order valence-corrected chi connectivity index (χ2v) is 6.47. The van der Waals surface area contributed by atoms with Crippen molar-refractivity contribution < 1.29 is 37.0 Å². The Kier molecular flexibility index (Phi) is 5.95. The van der Waals surface area contributed by atoms with E-state index in [4.69, 9.17) is 4.74 Å². The minimum Gasteiger partial charge on any atom is -0.482 e. The van der Waals surface area contributed by atoms with Gasteiger partial charge in [0.25, 0.3) is 5.91 Å². The van der Waals surface area contributed by atoms with Gasteiger partial charge < -0.3 is 19.7 Å². The summed E-state index contributed by atoms with van der Waals surface area (Å²) in [5, 5.41) is 2.50. The molecule has 3 rings (SSSR count). The van der Waals surface area contributed by atoms with Crippen molar-refractivity contribution in [2.75, 3.05) is 23.9 Å². The topological polar surface area (TPSA) is 84.9 Å². The first kappa shape index (κ1) is 21.2. The molecule has 0 spiro atoms. The van der Waals surface area contributed by atoms with Gasteiger partial charge in [0, 0.05) is 31.1 Å². The van der Waals surface area contributed by atoms with Crippen molar-refractivity contribution in [1.82, 2.24) is 0 Å². The second kappa shape index (κ2) is 8.44. The maximum Gasteiger partial charge on any atom is 0.573 e. The number of nitrogens with zero attached hydrogens (tertiary/aromatic N) is 1. The van der Waals surface area contributed by atoms with Crippen LogP contribution in [-0.4, -0.2) is 37.6 Å². The van der Waals surface area contributed by atoms with Gasteiger partial charge >= 0.3 is 6.36 Å². The molecule has 0 bridgehead atoms. The van der Waals surface area contributed by atoms with Gasteiger partial charge in [0.1, 0.15) is 11.5 Å². The van der Waals surface area contributed by atoms with Gasteiger partial charge in [0.15, 0.2) is 12.4 Å². The molecule has 0 saturated carbocycles. The van der Waals surface area contributed by atoms with E-state index in [1.165, 1.54) is 23.1 Å². The standard InChI is InChI=1S/C20H17F3N2O5/c1-25-15-10-12(2-8-17(15)29-11-19(25)28)16(26)7-9-18(27)24-13-3-5-14(6-4-13)30-20(21,22)23/h2-6,8,10H,7,9,11H2,1H3,(H,24,27). The summed E-state index contributed by atoms with van der Waals surface area (Å²) in [5.41, 5.74) is 1.08. The molecule has 0 radical (unpaired) electrons. The minimum atomic E-state index is -4.80. The zero-order valence-electron chi connectivity index (χ0n) is 15.8. The van der Waals surface area contributed by atoms with E-state index in [-0.39, 0.29) is 36.8 Å². The molecule has 0 aromatic heterocycles. The number of Topliss-reactive ketones (excluding diaryl/α,β-unsaturated/α-hetero) is 1. The van der Waals surface area contributed by atoms with E-state index in [2.05, 4.69) is 10.1 Å². The summed E-state index contributed by atoms with van der Waals surface area (Å²) >= 11 is 0. The number of hydrogen-bond donors (Lipinski definition) is 1. The highest BCUT2D eigenvalue weighted by molar-refractivity contribution is 6.03. The zero-order valence-corrected chi connectivity index (χ0v) is 15.8. The maximum absolute atomic E-state index is 12.4. The lowest BCUT2D eigenvalue weighted by Gasteiger charge is -2.26. The molecule has 0 atom stereocenters. The van der Waals surface area contributed by atoms with E-state index in [9.17, 15) is 27.6 Å². The lowest BCUT2D eigenvalue weighted by Crippen LogP contribution is -2.35. The van der Waals surface area contributed by atoms with Crippen LogP contribution in [0.2, 0.25) is 0 Å². The van der Waals surface area contributed by atoms with Gasteiger partial charge in [0.05, 0.1) is 5.69 Å². The maximum atomic E-state index is 12.4. The zero-order chi connectivity index (χ0) is 21.9. The van der Waals surface area contributed by atoms with Crippen molar-refractivity contribution in [1.29, 1.82) is 0 Å². The largest absolute Gasteiger partial charge is 0.573 e. The Hall–Kier alpha value is -3.56. The first-order valence-corrected chi connectivity index (χ1v) is 8.84. The number of amides is 2. The fourth-order valence-corrected chi connectivity index (χ4v) is 2.78. The van der Waals surface area contributed by atoms with E-state index in [0.717, 1.165) is 12.1 Å². The number of carbonyl (C=O) groups excluding carboxylic acids is 3. The molecular formula is C20H17F3N2O5. The molecule has 2 aromatic rings. The molecule has 30 heavy (non-hydrogen) atoms. The molecule has 0 unspecified atom stereocenters. The van der Waals surface area contributed by atoms with Gasteiger partial charge in [-0.2, -0.15) is 0 Å². The number of halogens is 3. The van der Waals surface area contributed by atoms with E-state index in [1.54, 1.807) is 19.2 Å². The molecule has 1 aliphatic rings. The van der Waals surface area contributed by atoms with Crippen LogP contribution in [0.5, 0.6) is 11.5 Å². The number of ether oxygens (including phenoxy) is 2. The van der Waals surface area contributed by atoms with Gasteiger partial charge in [-0.1, -0.05) is 0 Å². The number of rotatable bonds is 6. The summed E-state index contributed by atoms with van der Waals surface area (Å²) in [5.74, 6) is -0.923. The molecule has 2 aromatic carbocycles. The van der Waals surface area contributed by atoms with E-state index >= 15 is 0 Å². The normalized spacial score (nSPS) is 13.3. The number of benzene rings is 2. The van der Waals surface area contributed by atoms with Crippen LogP contribution in [0.25, 0.3) is 0 Å². The Balaban J connectivity index is 1.55. The summed E-state index contributed by atoms with van der Waals surface area (Å²) in [6.07, 6.45) is -5.00. The summed E-state index contributed by atoms with van der Waals surface area (Å²) in [7, 11) is 1.58. The summed E-state index contributed by atoms with van der Waals surface area (Å²) in [6, 6.07) is 9.35. The lowest BCUT2D eigenvalue weighted by molar-refractivity contribution is -0.274. The van der Waals surface area contributed by atoms with Crippen molar-refractivity contribution >= 4 is 29.0 Å². The average molecular weight is 422 g/mol. The van der Waals surface area contributed by atoms with E-state index in [1.807, 2.05) is 0 Å². The molecule has 10 heteroatoms. The second-order valence-electron chi connectivity index (χ2n) is 6.47. The van der Waals surface area contributed by atoms with Crippen LogP contribution in [0.1, 0.15) is 23.2 Å². The number of carbonyl (C=O) groups is 3. The summed E-state index contributed by atoms with van der Waals surface area (Å²) in [6.45, 7) is -0.0692. The minimum absolute atomic E-state index is 0.0692. The third-order valence-electron chi connectivity index (χ3n) is 4.32. The highest BCUT2D eigenvalue weighted by Crippen LogP contribution is 2.32. The van der Waals surface area contributed by atoms with E-state index < -0.39 is 18.0 Å². The van der Waals surface area contributed by atoms with Gasteiger partial charge in [0.2, 0.25) is 5.91 Å². The fraction of sp³-hybridized carbons (Fsp3) is 0.250. The van der Waals surface area contributed by atoms with Crippen molar-refractivity contribution in [3.8, 4) is 11.5 Å². The number of likely N-dealkylation sites (N-methyl/N-ethyl adjacent to an activating group) is 1. The predicted octanol–water partition coefficient (Wildman–Crippen LogP) is 3.54. The Morgan fingerprint density at radius 2 is 1.83 bits per heavy atom. The van der Waals surface area contributed by atoms with Crippen LogP contribution in [-0.2, 0) is 9.59 Å². The van der Waals surface area contributed by atoms with Crippen molar-refractivity contribution in [3.63, 3.8) is 0 Å². The summed E-state index contributed by atoms with van der Waals surface area (Å²) in [4.78, 5) is 37.6. The van der Waals surface area contributed by atoms with Gasteiger partial charge in [-0.3, -0.25) is 14.4 Å². The Labute approximate surface area is 169 Å². The van der Waals surface area contributed by atoms with Crippen LogP contribution >= 0.6 is 0 Å². The molecule has 2 amide bonds. The van der Waals surface area contributed by atoms with Crippen molar-refractivity contribution in [3.05, 3.63) is 48.0 Å². The van der Waals surface area contributed by atoms with Gasteiger partial charge in [-0.15, -0.1) is 13.2 Å². The molecule has 1 N–H and O–H groups in total. The third kappa shape index (κ3) is 5.28. The van der Waals surface area contributed by atoms with Crippen LogP contribution in [0.3, 0.4) is 0 Å². The lowest BCUT2D eigenvalue weighted by atomic mass is 10.0. The molecule has 0 saturated heterocycles. The Morgan fingerprint density at radius 1 is 1.13 bits per heavy atom. The smallest absolute Gasteiger partial charge is 0.482 e. The van der Waals surface area contributed by atoms with Crippen molar-refractivity contribution in [2.24, 2.45) is 0 Å². The number of alkyl halides is 3. The molecule has 0 fully saturated rings. The average Bonchev–Trinajstić information content (AvgIpc) is 2.69. The van der Waals surface area contributed by atoms with Crippen LogP contribution in [0.15, 0.2) is 42.5 Å². The van der Waals surface area contributed by atoms with E-state index in [0.29, 0.717) is 17.0 Å². The first-order valence-electron chi connectivity index (χ1n) is 8.84. The number of hydrogen-bond acceptors (Lipinski definition) is 5. The van der Waals surface area contributed by atoms with Crippen LogP contribution < -0.4 is 19.7 Å². The number of anilines is 2. The van der Waals surface area contributed by atoms with Crippen molar-refractivity contribution in [2.45, 2.75) is 19.2 Å². The number of ketones is 1. The van der Waals surface area contributed by atoms with Crippen LogP contribution in [0.4, 0.5) is 24.5 Å². The quantitative estimate of drug-likeness (QED) is 0.720. The van der Waals surface area contributed by atoms with Gasteiger partial charge in [-0.25, -0.2) is 0 Å². The molecule has 1 heterocycles. The van der Waals surface area contributed by atoms with Crippen LogP contribution in [0, 0.1) is 0 Å². The highest BCUT2D eigenvalue weighted by atomic mass is 19.4. The SMILES string of the molecule is CN1C(=O)COc2ccc(C(=O)CCC(=O)Nc3ccc(OC(F)(F)F)cc3)cc21. The Bertz CT molecular complexity index is 973. The van der Waals surface area contributed by atoms with Gasteiger partial charge in [-0.05, 0) is 42.5 Å². The molecule has 0 aliphatic carbocycles. The molecule has 1 aliphatic heterocycles. The molecule has 158 valence electrons. The number of nitrogens with one attached hydrogen (secondary N) is 1. The fourth-order valence-electron chi connectivity index (χ4n) is 2.78. The first-order chi connectivity index (χ1) is 14.1. The molecule has 7 nitrogen and oxygen atoms in total. The third-order valence-corrected chi connectivity index (χ3v) is 4.32. The predicted molar refractivity (Wildman–Crippen MR) is 101 cm³/mol. The Morgan fingerprint density at radius 3 is 2.50 bits per heavy atom. The molecular weight excluding hydrogens is 405 g/mol. The monoisotopic (exact) mass is 422 g/mol. The number of fused-ring (bicyclic) bond motifs is 1. The highest BCUT2D eigenvalue weighted by Gasteiger charge is 2.31.